The van der Waals surface area contributed by atoms with Crippen LogP contribution < -0.4 is 5.32 Å². The van der Waals surface area contributed by atoms with E-state index in [4.69, 9.17) is 4.74 Å². The predicted molar refractivity (Wildman–Crippen MR) is 126 cm³/mol. The monoisotopic (exact) mass is 463 g/mol. The molecule has 32 heavy (non-hydrogen) atoms. The molecule has 0 saturated heterocycles. The van der Waals surface area contributed by atoms with Gasteiger partial charge in [-0.1, -0.05) is 60.7 Å². The number of benzene rings is 2. The van der Waals surface area contributed by atoms with E-state index in [9.17, 15) is 9.59 Å². The number of nitrogens with one attached hydrogen (secondary N) is 1. The van der Waals surface area contributed by atoms with E-state index >= 15 is 0 Å². The van der Waals surface area contributed by atoms with Crippen molar-refractivity contribution in [2.75, 3.05) is 0 Å². The average Bonchev–Trinajstić information content (AvgIpc) is 3.43. The molecule has 4 aromatic rings. The van der Waals surface area contributed by atoms with E-state index in [1.165, 1.54) is 22.7 Å². The van der Waals surface area contributed by atoms with Crippen molar-refractivity contribution in [3.8, 4) is 10.6 Å². The van der Waals surface area contributed by atoms with Crippen molar-refractivity contribution in [1.29, 1.82) is 0 Å². The molecule has 4 rings (SSSR count). The first-order valence-electron chi connectivity index (χ1n) is 10.0. The molecule has 0 aliphatic carbocycles. The number of nitrogens with zero attached hydrogens (tertiary/aromatic N) is 2. The zero-order chi connectivity index (χ0) is 22.3. The lowest BCUT2D eigenvalue weighted by Crippen LogP contribution is -2.24. The van der Waals surface area contributed by atoms with Crippen molar-refractivity contribution in [1.82, 2.24) is 15.3 Å². The fourth-order valence-electron chi connectivity index (χ4n) is 2.99. The first kappa shape index (κ1) is 21.9. The van der Waals surface area contributed by atoms with Crippen LogP contribution in [-0.2, 0) is 29.1 Å². The highest BCUT2D eigenvalue weighted by Gasteiger charge is 2.18. The first-order valence-corrected chi connectivity index (χ1v) is 11.7. The van der Waals surface area contributed by atoms with Crippen LogP contribution in [0.2, 0.25) is 0 Å². The van der Waals surface area contributed by atoms with E-state index in [0.717, 1.165) is 16.1 Å². The summed E-state index contributed by atoms with van der Waals surface area (Å²) < 4.78 is 5.44. The number of hydrogen-bond acceptors (Lipinski definition) is 7. The van der Waals surface area contributed by atoms with E-state index < -0.39 is 5.97 Å². The maximum absolute atomic E-state index is 12.5. The van der Waals surface area contributed by atoms with Gasteiger partial charge in [-0.25, -0.2) is 14.8 Å². The van der Waals surface area contributed by atoms with E-state index in [2.05, 4.69) is 15.3 Å². The molecule has 2 heterocycles. The number of thiazole rings is 2. The highest BCUT2D eigenvalue weighted by Crippen LogP contribution is 2.28. The molecular weight excluding hydrogens is 442 g/mol. The molecule has 162 valence electrons. The number of aryl methyl sites for hydroxylation is 1. The van der Waals surface area contributed by atoms with Gasteiger partial charge in [0.1, 0.15) is 21.5 Å². The third kappa shape index (κ3) is 5.66. The molecular formula is C24H21N3O3S2. The zero-order valence-corrected chi connectivity index (χ0v) is 19.0. The van der Waals surface area contributed by atoms with E-state index in [1.807, 2.05) is 66.0 Å². The van der Waals surface area contributed by atoms with Gasteiger partial charge < -0.3 is 10.1 Å². The molecule has 0 fully saturated rings. The number of esters is 1. The quantitative estimate of drug-likeness (QED) is 0.380. The minimum atomic E-state index is -0.419. The summed E-state index contributed by atoms with van der Waals surface area (Å²) in [4.78, 5) is 34.1. The third-order valence-electron chi connectivity index (χ3n) is 4.60. The first-order chi connectivity index (χ1) is 15.6. The van der Waals surface area contributed by atoms with Gasteiger partial charge >= 0.3 is 5.97 Å². The van der Waals surface area contributed by atoms with Crippen LogP contribution in [-0.4, -0.2) is 21.8 Å². The number of hydrogen-bond donors (Lipinski definition) is 1. The summed E-state index contributed by atoms with van der Waals surface area (Å²) in [7, 11) is 0. The van der Waals surface area contributed by atoms with Crippen LogP contribution in [0.3, 0.4) is 0 Å². The van der Waals surface area contributed by atoms with E-state index in [-0.39, 0.29) is 18.9 Å². The smallest absolute Gasteiger partial charge is 0.350 e. The molecule has 0 aliphatic rings. The maximum Gasteiger partial charge on any atom is 0.350 e. The molecule has 0 radical (unpaired) electrons. The summed E-state index contributed by atoms with van der Waals surface area (Å²) in [6.07, 6.45) is 0.194. The number of carbonyl (C=O) groups excluding carboxylic acids is 2. The van der Waals surface area contributed by atoms with Crippen LogP contribution in [0.1, 0.15) is 31.6 Å². The Morgan fingerprint density at radius 2 is 1.72 bits per heavy atom. The zero-order valence-electron chi connectivity index (χ0n) is 17.4. The van der Waals surface area contributed by atoms with Gasteiger partial charge in [-0.05, 0) is 12.5 Å². The Morgan fingerprint density at radius 1 is 1.00 bits per heavy atom. The van der Waals surface area contributed by atoms with Crippen LogP contribution in [0, 0.1) is 6.92 Å². The van der Waals surface area contributed by atoms with Crippen molar-refractivity contribution in [2.45, 2.75) is 26.5 Å². The van der Waals surface area contributed by atoms with Crippen molar-refractivity contribution in [3.05, 3.63) is 92.9 Å². The average molecular weight is 464 g/mol. The van der Waals surface area contributed by atoms with E-state index in [1.54, 1.807) is 6.92 Å². The van der Waals surface area contributed by atoms with Gasteiger partial charge in [-0.3, -0.25) is 4.79 Å². The van der Waals surface area contributed by atoms with Gasteiger partial charge in [0.2, 0.25) is 5.91 Å². The van der Waals surface area contributed by atoms with E-state index in [0.29, 0.717) is 27.8 Å². The molecule has 0 bridgehead atoms. The molecule has 0 atom stereocenters. The maximum atomic E-state index is 12.5. The molecule has 0 spiro atoms. The van der Waals surface area contributed by atoms with Crippen LogP contribution in [0.15, 0.2) is 66.0 Å². The molecule has 1 N–H and O–H groups in total. The fraction of sp³-hybridized carbons (Fsp3) is 0.167. The number of carbonyl (C=O) groups is 2. The van der Waals surface area contributed by atoms with Crippen molar-refractivity contribution in [2.24, 2.45) is 0 Å². The molecule has 2 aromatic carbocycles. The van der Waals surface area contributed by atoms with Crippen LogP contribution in [0.4, 0.5) is 0 Å². The molecule has 1 amide bonds. The van der Waals surface area contributed by atoms with Crippen LogP contribution >= 0.6 is 22.7 Å². The number of amides is 1. The molecule has 0 aliphatic heterocycles. The van der Waals surface area contributed by atoms with Crippen molar-refractivity contribution < 1.29 is 14.3 Å². The minimum Gasteiger partial charge on any atom is -0.455 e. The summed E-state index contributed by atoms with van der Waals surface area (Å²) >= 11 is 2.70. The van der Waals surface area contributed by atoms with Gasteiger partial charge in [0.15, 0.2) is 0 Å². The van der Waals surface area contributed by atoms with Gasteiger partial charge in [-0.2, -0.15) is 0 Å². The second-order valence-electron chi connectivity index (χ2n) is 7.05. The number of rotatable bonds is 8. The Balaban J connectivity index is 1.29. The summed E-state index contributed by atoms with van der Waals surface area (Å²) in [6.45, 7) is 2.34. The lowest BCUT2D eigenvalue weighted by molar-refractivity contribution is -0.120. The largest absolute Gasteiger partial charge is 0.455 e. The number of aromatic nitrogens is 2. The predicted octanol–water partition coefficient (Wildman–Crippen LogP) is 4.79. The summed E-state index contributed by atoms with van der Waals surface area (Å²) in [6, 6.07) is 19.5. The lowest BCUT2D eigenvalue weighted by Gasteiger charge is -2.04. The normalized spacial score (nSPS) is 10.7. The second-order valence-corrected chi connectivity index (χ2v) is 8.99. The summed E-state index contributed by atoms with van der Waals surface area (Å²) in [5.74, 6) is -0.516. The Labute approximate surface area is 193 Å². The molecule has 8 heteroatoms. The third-order valence-corrected chi connectivity index (χ3v) is 6.68. The number of ether oxygens (including phenoxy) is 1. The minimum absolute atomic E-state index is 0.0545. The Kier molecular flexibility index (Phi) is 7.03. The second kappa shape index (κ2) is 10.3. The highest BCUT2D eigenvalue weighted by molar-refractivity contribution is 7.17. The van der Waals surface area contributed by atoms with Gasteiger partial charge in [0.05, 0.1) is 17.8 Å². The summed E-state index contributed by atoms with van der Waals surface area (Å²) in [5.41, 5.74) is 3.28. The van der Waals surface area contributed by atoms with Gasteiger partial charge in [0.25, 0.3) is 0 Å². The molecule has 0 saturated carbocycles. The molecule has 2 aromatic heterocycles. The standard InChI is InChI=1S/C24H21N3O3S2/c1-16-22(32-23(26-16)18-10-6-3-7-11-18)24(29)30-14-19-15-31-21(27-19)12-20(28)25-13-17-8-4-2-5-9-17/h2-11,15H,12-14H2,1H3,(H,25,28). The Hall–Kier alpha value is -3.36. The van der Waals surface area contributed by atoms with Gasteiger partial charge in [0, 0.05) is 17.5 Å². The van der Waals surface area contributed by atoms with Crippen molar-refractivity contribution in [3.63, 3.8) is 0 Å². The SMILES string of the molecule is Cc1nc(-c2ccccc2)sc1C(=O)OCc1csc(CC(=O)NCc2ccccc2)n1. The Bertz CT molecular complexity index is 1200. The topological polar surface area (TPSA) is 81.2 Å². The Morgan fingerprint density at radius 3 is 2.47 bits per heavy atom. The summed E-state index contributed by atoms with van der Waals surface area (Å²) in [5, 5.41) is 6.16. The van der Waals surface area contributed by atoms with Gasteiger partial charge in [-0.15, -0.1) is 22.7 Å². The van der Waals surface area contributed by atoms with Crippen molar-refractivity contribution >= 4 is 34.6 Å². The lowest BCUT2D eigenvalue weighted by atomic mass is 10.2. The fourth-order valence-corrected chi connectivity index (χ4v) is 4.73. The molecule has 0 unspecified atom stereocenters. The van der Waals surface area contributed by atoms with Crippen LogP contribution in [0.25, 0.3) is 10.6 Å². The highest BCUT2D eigenvalue weighted by atomic mass is 32.1. The van der Waals surface area contributed by atoms with Crippen LogP contribution in [0.5, 0.6) is 0 Å². The molecule has 6 nitrogen and oxygen atoms in total.